The van der Waals surface area contributed by atoms with Crippen molar-refractivity contribution >= 4 is 11.8 Å². The Morgan fingerprint density at radius 3 is 2.85 bits per heavy atom. The van der Waals surface area contributed by atoms with Gasteiger partial charge in [-0.25, -0.2) is 9.37 Å². The predicted octanol–water partition coefficient (Wildman–Crippen LogP) is -0.241. The number of hydrogen-bond donors (Lipinski definition) is 2. The first kappa shape index (κ1) is 12.5. The van der Waals surface area contributed by atoms with Gasteiger partial charge in [0.2, 0.25) is 0 Å². The second kappa shape index (κ2) is 5.23. The number of hydrogen-bond acceptors (Lipinski definition) is 8. The molecule has 0 aliphatic carbocycles. The summed E-state index contributed by atoms with van der Waals surface area (Å²) in [5.41, 5.74) is 5.37. The van der Waals surface area contributed by atoms with Crippen LogP contribution in [0.25, 0.3) is 0 Å². The largest absolute Gasteiger partial charge is 0.460 e. The van der Waals surface area contributed by atoms with Crippen molar-refractivity contribution in [1.29, 1.82) is 0 Å². The molecule has 1 fully saturated rings. The summed E-state index contributed by atoms with van der Waals surface area (Å²) < 4.78 is 18.5. The Balaban J connectivity index is 1.57. The maximum absolute atomic E-state index is 13.0. The van der Waals surface area contributed by atoms with Crippen molar-refractivity contribution in [2.45, 2.75) is 18.9 Å². The summed E-state index contributed by atoms with van der Waals surface area (Å²) in [7, 11) is 0. The Bertz CT molecular complexity index is 569. The van der Waals surface area contributed by atoms with Crippen molar-refractivity contribution in [3.05, 3.63) is 12.0 Å². The smallest absolute Gasteiger partial charge is 0.318 e. The first-order chi connectivity index (χ1) is 9.72. The lowest BCUT2D eigenvalue weighted by Crippen LogP contribution is -2.39. The van der Waals surface area contributed by atoms with E-state index in [1.807, 2.05) is 4.90 Å². The predicted molar refractivity (Wildman–Crippen MR) is 66.4 cm³/mol. The SMILES string of the molecule is Nc1nc(OC2CCN(c3nn[nH]n3)CC2)ncc1F. The first-order valence-corrected chi connectivity index (χ1v) is 6.15. The molecule has 0 aromatic carbocycles. The molecule has 0 spiro atoms. The van der Waals surface area contributed by atoms with Crippen molar-refractivity contribution < 1.29 is 9.13 Å². The molecule has 0 radical (unpaired) electrons. The van der Waals surface area contributed by atoms with Crippen LogP contribution >= 0.6 is 0 Å². The molecule has 0 amide bonds. The van der Waals surface area contributed by atoms with Gasteiger partial charge in [0.05, 0.1) is 6.20 Å². The molecule has 3 heterocycles. The van der Waals surface area contributed by atoms with Gasteiger partial charge in [-0.2, -0.15) is 10.2 Å². The highest BCUT2D eigenvalue weighted by molar-refractivity contribution is 5.29. The summed E-state index contributed by atoms with van der Waals surface area (Å²) in [4.78, 5) is 9.52. The zero-order valence-electron chi connectivity index (χ0n) is 10.5. The van der Waals surface area contributed by atoms with E-state index >= 15 is 0 Å². The van der Waals surface area contributed by atoms with Crippen molar-refractivity contribution in [2.75, 3.05) is 23.7 Å². The highest BCUT2D eigenvalue weighted by Gasteiger charge is 2.23. The second-order valence-corrected chi connectivity index (χ2v) is 4.40. The van der Waals surface area contributed by atoms with Crippen LogP contribution in [0.1, 0.15) is 12.8 Å². The number of ether oxygens (including phenoxy) is 1. The number of piperidine rings is 1. The molecule has 106 valence electrons. The van der Waals surface area contributed by atoms with Crippen LogP contribution in [0.2, 0.25) is 0 Å². The van der Waals surface area contributed by atoms with Crippen LogP contribution in [0.3, 0.4) is 0 Å². The Kier molecular flexibility index (Phi) is 3.27. The van der Waals surface area contributed by atoms with Crippen LogP contribution in [0.5, 0.6) is 6.01 Å². The zero-order chi connectivity index (χ0) is 13.9. The van der Waals surface area contributed by atoms with E-state index < -0.39 is 5.82 Å². The third kappa shape index (κ3) is 2.58. The van der Waals surface area contributed by atoms with E-state index in [2.05, 4.69) is 30.6 Å². The van der Waals surface area contributed by atoms with Gasteiger partial charge in [-0.05, 0) is 5.21 Å². The number of H-pyrrole nitrogens is 1. The minimum atomic E-state index is -0.649. The number of nitrogens with two attached hydrogens (primary N) is 1. The van der Waals surface area contributed by atoms with Gasteiger partial charge in [-0.1, -0.05) is 5.10 Å². The first-order valence-electron chi connectivity index (χ1n) is 6.15. The standard InChI is InChI=1S/C10H13FN8O/c11-7-5-13-10(14-8(7)12)20-6-1-3-19(4-2-6)9-15-17-18-16-9/h5-6H,1-4H2,(H2,12,13,14)(H,15,16,17,18). The summed E-state index contributed by atoms with van der Waals surface area (Å²) >= 11 is 0. The molecule has 10 heteroatoms. The number of halogens is 1. The minimum absolute atomic E-state index is 0.0389. The molecule has 0 saturated carbocycles. The number of aromatic amines is 1. The van der Waals surface area contributed by atoms with Crippen LogP contribution in [0.15, 0.2) is 6.20 Å². The lowest BCUT2D eigenvalue weighted by molar-refractivity contribution is 0.156. The molecule has 0 unspecified atom stereocenters. The highest BCUT2D eigenvalue weighted by atomic mass is 19.1. The third-order valence-electron chi connectivity index (χ3n) is 3.08. The summed E-state index contributed by atoms with van der Waals surface area (Å²) in [5.74, 6) is -0.283. The van der Waals surface area contributed by atoms with Gasteiger partial charge >= 0.3 is 6.01 Å². The average molecular weight is 280 g/mol. The van der Waals surface area contributed by atoms with Gasteiger partial charge < -0.3 is 15.4 Å². The number of nitrogen functional groups attached to an aromatic ring is 1. The minimum Gasteiger partial charge on any atom is -0.460 e. The van der Waals surface area contributed by atoms with Crippen molar-refractivity contribution in [3.63, 3.8) is 0 Å². The molecular formula is C10H13FN8O. The molecule has 20 heavy (non-hydrogen) atoms. The fraction of sp³-hybridized carbons (Fsp3) is 0.500. The van der Waals surface area contributed by atoms with Gasteiger partial charge in [0.25, 0.3) is 5.95 Å². The molecule has 2 aromatic heterocycles. The van der Waals surface area contributed by atoms with Crippen LogP contribution in [0.4, 0.5) is 16.2 Å². The number of rotatable bonds is 3. The maximum Gasteiger partial charge on any atom is 0.318 e. The zero-order valence-corrected chi connectivity index (χ0v) is 10.5. The Morgan fingerprint density at radius 1 is 1.40 bits per heavy atom. The van der Waals surface area contributed by atoms with Gasteiger partial charge in [0, 0.05) is 25.9 Å². The van der Waals surface area contributed by atoms with Crippen LogP contribution in [0, 0.1) is 5.82 Å². The molecule has 1 aliphatic rings. The van der Waals surface area contributed by atoms with Gasteiger partial charge in [0.1, 0.15) is 6.10 Å². The lowest BCUT2D eigenvalue weighted by Gasteiger charge is -2.30. The Labute approximate surface area is 113 Å². The topological polar surface area (TPSA) is 119 Å². The number of aromatic nitrogens is 6. The lowest BCUT2D eigenvalue weighted by atomic mass is 10.1. The Morgan fingerprint density at radius 2 is 2.20 bits per heavy atom. The normalized spacial score (nSPS) is 16.4. The number of tetrazole rings is 1. The number of nitrogens with one attached hydrogen (secondary N) is 1. The van der Waals surface area contributed by atoms with E-state index in [1.54, 1.807) is 0 Å². The molecule has 9 nitrogen and oxygen atoms in total. The van der Waals surface area contributed by atoms with Crippen molar-refractivity contribution in [1.82, 2.24) is 30.6 Å². The average Bonchev–Trinajstić information content (AvgIpc) is 2.98. The second-order valence-electron chi connectivity index (χ2n) is 4.40. The van der Waals surface area contributed by atoms with E-state index in [-0.39, 0.29) is 17.9 Å². The van der Waals surface area contributed by atoms with E-state index in [0.717, 1.165) is 32.1 Å². The van der Waals surface area contributed by atoms with Crippen LogP contribution in [-0.4, -0.2) is 49.8 Å². The molecule has 0 bridgehead atoms. The number of anilines is 2. The van der Waals surface area contributed by atoms with E-state index in [1.165, 1.54) is 0 Å². The highest BCUT2D eigenvalue weighted by Crippen LogP contribution is 2.19. The van der Waals surface area contributed by atoms with E-state index in [4.69, 9.17) is 10.5 Å². The van der Waals surface area contributed by atoms with Gasteiger partial charge in [-0.15, -0.1) is 5.10 Å². The van der Waals surface area contributed by atoms with Crippen molar-refractivity contribution in [3.8, 4) is 6.01 Å². The number of nitrogens with zero attached hydrogens (tertiary/aromatic N) is 6. The molecule has 1 aliphatic heterocycles. The molecule has 3 N–H and O–H groups in total. The van der Waals surface area contributed by atoms with Crippen LogP contribution in [-0.2, 0) is 0 Å². The van der Waals surface area contributed by atoms with E-state index in [9.17, 15) is 4.39 Å². The molecule has 3 rings (SSSR count). The van der Waals surface area contributed by atoms with E-state index in [0.29, 0.717) is 5.95 Å². The van der Waals surface area contributed by atoms with Gasteiger partial charge in [0.15, 0.2) is 11.6 Å². The summed E-state index contributed by atoms with van der Waals surface area (Å²) in [6, 6.07) is 0.0990. The summed E-state index contributed by atoms with van der Waals surface area (Å²) in [5, 5.41) is 13.8. The summed E-state index contributed by atoms with van der Waals surface area (Å²) in [6.07, 6.45) is 2.49. The molecule has 0 atom stereocenters. The van der Waals surface area contributed by atoms with Crippen LogP contribution < -0.4 is 15.4 Å². The fourth-order valence-electron chi connectivity index (χ4n) is 2.03. The molecule has 2 aromatic rings. The molecular weight excluding hydrogens is 267 g/mol. The maximum atomic E-state index is 13.0. The quantitative estimate of drug-likeness (QED) is 0.790. The fourth-order valence-corrected chi connectivity index (χ4v) is 2.03. The Hall–Kier alpha value is -2.52. The molecule has 1 saturated heterocycles. The van der Waals surface area contributed by atoms with Crippen molar-refractivity contribution in [2.24, 2.45) is 0 Å². The monoisotopic (exact) mass is 280 g/mol. The summed E-state index contributed by atoms with van der Waals surface area (Å²) in [6.45, 7) is 1.47. The van der Waals surface area contributed by atoms with Gasteiger partial charge in [-0.3, -0.25) is 0 Å². The third-order valence-corrected chi connectivity index (χ3v) is 3.08.